The van der Waals surface area contributed by atoms with Gasteiger partial charge in [0.25, 0.3) is 0 Å². The lowest BCUT2D eigenvalue weighted by Gasteiger charge is -2.20. The Morgan fingerprint density at radius 1 is 0.667 bits per heavy atom. The molecular weight excluding hydrogens is 521 g/mol. The number of hydrogen-bond acceptors (Lipinski definition) is 1. The van der Waals surface area contributed by atoms with Gasteiger partial charge in [0.2, 0.25) is 0 Å². The van der Waals surface area contributed by atoms with Gasteiger partial charge in [-0.05, 0) is 65.9 Å². The van der Waals surface area contributed by atoms with E-state index in [0.29, 0.717) is 23.3 Å². The highest BCUT2D eigenvalue weighted by atomic mass is 19.3. The third kappa shape index (κ3) is 6.61. The Morgan fingerprint density at radius 3 is 1.69 bits per heavy atom. The number of rotatable bonds is 7. The topological polar surface area (TPSA) is 9.23 Å². The summed E-state index contributed by atoms with van der Waals surface area (Å²) in [5.41, 5.74) is 1.22. The number of hydrogen-bond donors (Lipinski definition) is 0. The number of ether oxygens (including phenoxy) is 1. The molecule has 4 rings (SSSR count). The van der Waals surface area contributed by atoms with Gasteiger partial charge in [-0.3, -0.25) is 0 Å². The second kappa shape index (κ2) is 11.6. The SMILES string of the molecule is CCCCc1ccc(C#Cc2ccc(-c3cc(F)c(C(F)(F)Oc4cc(F)c(F)c(F)c4)c(F)c3)cc2)cc1. The number of halogens is 7. The smallest absolute Gasteiger partial charge is 0.429 e. The Hall–Kier alpha value is -4.25. The molecule has 0 heterocycles. The van der Waals surface area contributed by atoms with Gasteiger partial charge in [-0.25, -0.2) is 22.0 Å². The molecule has 0 spiro atoms. The summed E-state index contributed by atoms with van der Waals surface area (Å²) in [6, 6.07) is 15.9. The number of alkyl halides is 2. The first-order valence-electron chi connectivity index (χ1n) is 12.0. The molecule has 0 radical (unpaired) electrons. The maximum atomic E-state index is 14.7. The molecule has 4 aromatic carbocycles. The van der Waals surface area contributed by atoms with Crippen LogP contribution in [0, 0.1) is 40.9 Å². The molecule has 0 saturated heterocycles. The zero-order valence-corrected chi connectivity index (χ0v) is 20.6. The van der Waals surface area contributed by atoms with Crippen LogP contribution < -0.4 is 4.74 Å². The number of unbranched alkanes of at least 4 members (excludes halogenated alkanes) is 1. The molecule has 0 bridgehead atoms. The molecule has 200 valence electrons. The van der Waals surface area contributed by atoms with E-state index in [1.165, 1.54) is 17.7 Å². The summed E-state index contributed by atoms with van der Waals surface area (Å²) in [4.78, 5) is 0. The molecule has 0 aliphatic heterocycles. The quantitative estimate of drug-likeness (QED) is 0.129. The van der Waals surface area contributed by atoms with Crippen LogP contribution in [0.15, 0.2) is 72.8 Å². The minimum Gasteiger partial charge on any atom is -0.429 e. The van der Waals surface area contributed by atoms with Crippen LogP contribution in [0.2, 0.25) is 0 Å². The van der Waals surface area contributed by atoms with Crippen molar-refractivity contribution in [3.63, 3.8) is 0 Å². The summed E-state index contributed by atoms with van der Waals surface area (Å²) < 4.78 is 102. The molecule has 1 nitrogen and oxygen atoms in total. The highest BCUT2D eigenvalue weighted by molar-refractivity contribution is 5.65. The fourth-order valence-electron chi connectivity index (χ4n) is 3.83. The van der Waals surface area contributed by atoms with E-state index in [2.05, 4.69) is 23.5 Å². The van der Waals surface area contributed by atoms with Gasteiger partial charge in [-0.1, -0.05) is 49.5 Å². The summed E-state index contributed by atoms with van der Waals surface area (Å²) in [7, 11) is 0. The first-order chi connectivity index (χ1) is 18.6. The summed E-state index contributed by atoms with van der Waals surface area (Å²) in [5, 5.41) is 0. The Kier molecular flexibility index (Phi) is 8.29. The molecule has 0 saturated carbocycles. The minimum atomic E-state index is -4.66. The molecule has 0 aliphatic rings. The largest absolute Gasteiger partial charge is 0.432 e. The van der Waals surface area contributed by atoms with E-state index < -0.39 is 46.5 Å². The normalized spacial score (nSPS) is 11.2. The second-order valence-corrected chi connectivity index (χ2v) is 8.76. The average Bonchev–Trinajstić information content (AvgIpc) is 2.89. The van der Waals surface area contributed by atoms with E-state index in [9.17, 15) is 30.7 Å². The lowest BCUT2D eigenvalue weighted by atomic mass is 10.0. The second-order valence-electron chi connectivity index (χ2n) is 8.76. The van der Waals surface area contributed by atoms with Gasteiger partial charge in [-0.15, -0.1) is 0 Å². The highest BCUT2D eigenvalue weighted by Gasteiger charge is 2.41. The highest BCUT2D eigenvalue weighted by Crippen LogP contribution is 2.37. The predicted octanol–water partition coefficient (Wildman–Crippen LogP) is 8.92. The molecule has 8 heteroatoms. The lowest BCUT2D eigenvalue weighted by molar-refractivity contribution is -0.189. The van der Waals surface area contributed by atoms with Crippen molar-refractivity contribution in [3.05, 3.63) is 124 Å². The maximum absolute atomic E-state index is 14.7. The lowest BCUT2D eigenvalue weighted by Crippen LogP contribution is -2.25. The van der Waals surface area contributed by atoms with Crippen molar-refractivity contribution in [2.75, 3.05) is 0 Å². The van der Waals surface area contributed by atoms with Crippen molar-refractivity contribution in [1.82, 2.24) is 0 Å². The Bertz CT molecular complexity index is 1490. The number of aryl methyl sites for hydroxylation is 1. The molecular formula is C31H21F7O. The monoisotopic (exact) mass is 542 g/mol. The first kappa shape index (κ1) is 27.8. The molecule has 0 amide bonds. The van der Waals surface area contributed by atoms with Crippen LogP contribution in [0.4, 0.5) is 30.7 Å². The molecule has 0 unspecified atom stereocenters. The van der Waals surface area contributed by atoms with Gasteiger partial charge in [0.15, 0.2) is 17.5 Å². The van der Waals surface area contributed by atoms with Crippen LogP contribution in [-0.2, 0) is 12.5 Å². The van der Waals surface area contributed by atoms with Gasteiger partial charge in [-0.2, -0.15) is 8.78 Å². The summed E-state index contributed by atoms with van der Waals surface area (Å²) in [5.74, 6) is -3.91. The molecule has 0 aromatic heterocycles. The van der Waals surface area contributed by atoms with E-state index >= 15 is 0 Å². The maximum Gasteiger partial charge on any atom is 0.432 e. The van der Waals surface area contributed by atoms with Gasteiger partial charge >= 0.3 is 6.11 Å². The summed E-state index contributed by atoms with van der Waals surface area (Å²) in [6.45, 7) is 2.13. The average molecular weight is 542 g/mol. The van der Waals surface area contributed by atoms with Crippen molar-refractivity contribution in [3.8, 4) is 28.7 Å². The van der Waals surface area contributed by atoms with E-state index in [1.54, 1.807) is 12.1 Å². The van der Waals surface area contributed by atoms with Gasteiger partial charge in [0, 0.05) is 23.3 Å². The van der Waals surface area contributed by atoms with Crippen LogP contribution in [0.1, 0.15) is 42.0 Å². The standard InChI is InChI=1S/C31H21F7O/c1-2-3-4-19-5-7-20(8-6-19)9-10-21-11-13-22(14-12-21)23-15-25(32)29(26(33)16-23)31(37,38)39-24-17-27(34)30(36)28(35)18-24/h5-8,11-18H,2-4H2,1H3. The van der Waals surface area contributed by atoms with Gasteiger partial charge < -0.3 is 4.74 Å². The Labute approximate surface area is 220 Å². The van der Waals surface area contributed by atoms with Crippen molar-refractivity contribution in [1.29, 1.82) is 0 Å². The minimum absolute atomic E-state index is 0.0365. The Balaban J connectivity index is 1.52. The number of benzene rings is 4. The van der Waals surface area contributed by atoms with Crippen LogP contribution >= 0.6 is 0 Å². The Morgan fingerprint density at radius 2 is 1.18 bits per heavy atom. The van der Waals surface area contributed by atoms with Crippen LogP contribution in [0.5, 0.6) is 5.75 Å². The molecule has 0 fully saturated rings. The van der Waals surface area contributed by atoms with Crippen LogP contribution in [-0.4, -0.2) is 0 Å². The fraction of sp³-hybridized carbons (Fsp3) is 0.161. The fourth-order valence-corrected chi connectivity index (χ4v) is 3.83. The van der Waals surface area contributed by atoms with Gasteiger partial charge in [0.1, 0.15) is 22.9 Å². The molecule has 4 aromatic rings. The molecule has 0 aliphatic carbocycles. The zero-order chi connectivity index (χ0) is 28.2. The third-order valence-corrected chi connectivity index (χ3v) is 5.88. The molecule has 0 atom stereocenters. The zero-order valence-electron chi connectivity index (χ0n) is 20.6. The van der Waals surface area contributed by atoms with E-state index in [0.717, 1.165) is 24.8 Å². The van der Waals surface area contributed by atoms with Crippen molar-refractivity contribution >= 4 is 0 Å². The molecule has 0 N–H and O–H groups in total. The van der Waals surface area contributed by atoms with Crippen LogP contribution in [0.3, 0.4) is 0 Å². The van der Waals surface area contributed by atoms with Crippen molar-refractivity contribution in [2.24, 2.45) is 0 Å². The van der Waals surface area contributed by atoms with E-state index in [-0.39, 0.29) is 17.7 Å². The summed E-state index contributed by atoms with van der Waals surface area (Å²) in [6.07, 6.45) is -1.42. The van der Waals surface area contributed by atoms with E-state index in [1.807, 2.05) is 24.3 Å². The van der Waals surface area contributed by atoms with Gasteiger partial charge in [0.05, 0.1) is 0 Å². The van der Waals surface area contributed by atoms with Crippen molar-refractivity contribution < 1.29 is 35.5 Å². The van der Waals surface area contributed by atoms with E-state index in [4.69, 9.17) is 0 Å². The van der Waals surface area contributed by atoms with Crippen molar-refractivity contribution in [2.45, 2.75) is 32.3 Å². The predicted molar refractivity (Wildman–Crippen MR) is 134 cm³/mol. The van der Waals surface area contributed by atoms with Crippen LogP contribution in [0.25, 0.3) is 11.1 Å². The first-order valence-corrected chi connectivity index (χ1v) is 12.0. The summed E-state index contributed by atoms with van der Waals surface area (Å²) >= 11 is 0. The molecule has 39 heavy (non-hydrogen) atoms. The third-order valence-electron chi connectivity index (χ3n) is 5.88.